The van der Waals surface area contributed by atoms with Crippen molar-refractivity contribution in [2.75, 3.05) is 11.4 Å². The Kier molecular flexibility index (Phi) is 6.02. The second kappa shape index (κ2) is 8.20. The van der Waals surface area contributed by atoms with E-state index in [2.05, 4.69) is 35.6 Å². The molecule has 0 bridgehead atoms. The van der Waals surface area contributed by atoms with Gasteiger partial charge >= 0.3 is 0 Å². The van der Waals surface area contributed by atoms with Crippen molar-refractivity contribution < 1.29 is 4.79 Å². The van der Waals surface area contributed by atoms with Gasteiger partial charge in [0.25, 0.3) is 0 Å². The van der Waals surface area contributed by atoms with Gasteiger partial charge in [0.05, 0.1) is 0 Å². The summed E-state index contributed by atoms with van der Waals surface area (Å²) >= 11 is 0. The molecular weight excluding hydrogens is 312 g/mol. The summed E-state index contributed by atoms with van der Waals surface area (Å²) in [5.74, 6) is 0.914. The Morgan fingerprint density at radius 3 is 2.52 bits per heavy atom. The Balaban J connectivity index is 2.25. The molecule has 0 radical (unpaired) electrons. The summed E-state index contributed by atoms with van der Waals surface area (Å²) in [4.78, 5) is 20.8. The number of carbonyl (C=O) groups excluding carboxylic acids is 1. The minimum Gasteiger partial charge on any atom is -0.352 e. The number of anilines is 1. The summed E-state index contributed by atoms with van der Waals surface area (Å²) in [6.45, 7) is 7.97. The minimum atomic E-state index is 0.0738. The van der Waals surface area contributed by atoms with Gasteiger partial charge in [-0.05, 0) is 28.7 Å². The van der Waals surface area contributed by atoms with E-state index in [0.29, 0.717) is 6.54 Å². The average molecular weight is 334 g/mol. The number of carbonyl (C=O) groups is 1. The summed E-state index contributed by atoms with van der Waals surface area (Å²) in [5.41, 5.74) is 2.18. The van der Waals surface area contributed by atoms with Crippen LogP contribution in [0.3, 0.4) is 0 Å². The van der Waals surface area contributed by atoms with Crippen molar-refractivity contribution in [3.05, 3.63) is 59.6 Å². The smallest absolute Gasteiger partial charge is 0.234 e. The molecular formula is C20H22N4O. The maximum Gasteiger partial charge on any atom is 0.234 e. The first-order valence-corrected chi connectivity index (χ1v) is 8.10. The first-order chi connectivity index (χ1) is 11.9. The molecule has 0 amide bonds. The highest BCUT2D eigenvalue weighted by Gasteiger charge is 2.18. The molecule has 0 fully saturated rings. The van der Waals surface area contributed by atoms with E-state index < -0.39 is 0 Å². The number of nitriles is 1. The van der Waals surface area contributed by atoms with Crippen LogP contribution in [-0.4, -0.2) is 22.8 Å². The van der Waals surface area contributed by atoms with Crippen molar-refractivity contribution in [3.63, 3.8) is 0 Å². The molecule has 0 spiro atoms. The van der Waals surface area contributed by atoms with E-state index in [1.807, 2.05) is 36.4 Å². The van der Waals surface area contributed by atoms with Gasteiger partial charge in [0.1, 0.15) is 18.2 Å². The molecule has 0 unspecified atom stereocenters. The standard InChI is InChI=1S/C20H22N4O/c1-20(2,3)15-24(19-10-11-22-18(13-21)23-19)14-17-8-6-16(7-9-17)5-4-12-25/h4-12H,14-15H2,1-3H3. The highest BCUT2D eigenvalue weighted by Crippen LogP contribution is 2.22. The van der Waals surface area contributed by atoms with Crippen LogP contribution in [0.5, 0.6) is 0 Å². The lowest BCUT2D eigenvalue weighted by molar-refractivity contribution is -0.104. The summed E-state index contributed by atoms with van der Waals surface area (Å²) in [6.07, 6.45) is 5.63. The van der Waals surface area contributed by atoms with Crippen molar-refractivity contribution >= 4 is 18.2 Å². The topological polar surface area (TPSA) is 69.9 Å². The number of hydrogen-bond acceptors (Lipinski definition) is 5. The second-order valence-electron chi connectivity index (χ2n) is 7.00. The van der Waals surface area contributed by atoms with Gasteiger partial charge in [0, 0.05) is 19.3 Å². The second-order valence-corrected chi connectivity index (χ2v) is 7.00. The van der Waals surface area contributed by atoms with Gasteiger partial charge in [-0.3, -0.25) is 4.79 Å². The van der Waals surface area contributed by atoms with Gasteiger partial charge < -0.3 is 4.90 Å². The van der Waals surface area contributed by atoms with E-state index >= 15 is 0 Å². The van der Waals surface area contributed by atoms with E-state index in [9.17, 15) is 4.79 Å². The van der Waals surface area contributed by atoms with Crippen molar-refractivity contribution in [1.29, 1.82) is 5.26 Å². The van der Waals surface area contributed by atoms with Crippen molar-refractivity contribution in [2.24, 2.45) is 5.41 Å². The van der Waals surface area contributed by atoms with Gasteiger partial charge in [0.2, 0.25) is 5.82 Å². The zero-order valence-corrected chi connectivity index (χ0v) is 14.8. The van der Waals surface area contributed by atoms with Gasteiger partial charge in [-0.2, -0.15) is 5.26 Å². The predicted molar refractivity (Wildman–Crippen MR) is 98.8 cm³/mol. The molecule has 1 aromatic heterocycles. The highest BCUT2D eigenvalue weighted by atomic mass is 16.1. The summed E-state index contributed by atoms with van der Waals surface area (Å²) in [5, 5.41) is 9.04. The third kappa shape index (κ3) is 5.85. The number of rotatable bonds is 6. The molecule has 1 aromatic carbocycles. The zero-order valence-electron chi connectivity index (χ0n) is 14.8. The van der Waals surface area contributed by atoms with Gasteiger partial charge in [-0.25, -0.2) is 9.97 Å². The molecule has 0 aliphatic heterocycles. The van der Waals surface area contributed by atoms with E-state index in [1.54, 1.807) is 12.3 Å². The zero-order chi connectivity index (χ0) is 18.3. The molecule has 2 rings (SSSR count). The predicted octanol–water partition coefficient (Wildman–Crippen LogP) is 3.61. The molecule has 25 heavy (non-hydrogen) atoms. The van der Waals surface area contributed by atoms with Crippen LogP contribution >= 0.6 is 0 Å². The number of allylic oxidation sites excluding steroid dienone is 1. The largest absolute Gasteiger partial charge is 0.352 e. The lowest BCUT2D eigenvalue weighted by atomic mass is 9.95. The van der Waals surface area contributed by atoms with E-state index in [-0.39, 0.29) is 11.2 Å². The lowest BCUT2D eigenvalue weighted by Gasteiger charge is -2.31. The fraction of sp³-hybridized carbons (Fsp3) is 0.300. The van der Waals surface area contributed by atoms with Crippen LogP contribution in [0, 0.1) is 16.7 Å². The molecule has 0 N–H and O–H groups in total. The average Bonchev–Trinajstić information content (AvgIpc) is 2.59. The van der Waals surface area contributed by atoms with Crippen LogP contribution in [0.25, 0.3) is 6.08 Å². The SMILES string of the molecule is CC(C)(C)CN(Cc1ccc(C=CC=O)cc1)c1ccnc(C#N)n1. The summed E-state index contributed by atoms with van der Waals surface area (Å²) < 4.78 is 0. The molecule has 2 aromatic rings. The lowest BCUT2D eigenvalue weighted by Crippen LogP contribution is -2.33. The Morgan fingerprint density at radius 2 is 1.92 bits per heavy atom. The number of nitrogens with zero attached hydrogens (tertiary/aromatic N) is 4. The molecule has 0 aliphatic carbocycles. The van der Waals surface area contributed by atoms with Gasteiger partial charge in [0.15, 0.2) is 0 Å². The Morgan fingerprint density at radius 1 is 1.20 bits per heavy atom. The van der Waals surface area contributed by atoms with Crippen LogP contribution in [-0.2, 0) is 11.3 Å². The van der Waals surface area contributed by atoms with Crippen LogP contribution < -0.4 is 4.90 Å². The van der Waals surface area contributed by atoms with Crippen molar-refractivity contribution in [1.82, 2.24) is 9.97 Å². The quantitative estimate of drug-likeness (QED) is 0.596. The van der Waals surface area contributed by atoms with E-state index in [0.717, 1.165) is 29.8 Å². The fourth-order valence-corrected chi connectivity index (χ4v) is 2.47. The molecule has 128 valence electrons. The number of aldehydes is 1. The van der Waals surface area contributed by atoms with Crippen LogP contribution in [0.2, 0.25) is 0 Å². The normalized spacial score (nSPS) is 11.3. The van der Waals surface area contributed by atoms with E-state index in [1.165, 1.54) is 6.08 Å². The maximum atomic E-state index is 10.4. The summed E-state index contributed by atoms with van der Waals surface area (Å²) in [6, 6.07) is 11.8. The molecule has 1 heterocycles. The molecule has 5 nitrogen and oxygen atoms in total. The number of benzene rings is 1. The number of aromatic nitrogens is 2. The van der Waals surface area contributed by atoms with Gasteiger partial charge in [-0.1, -0.05) is 51.1 Å². The van der Waals surface area contributed by atoms with E-state index in [4.69, 9.17) is 5.26 Å². The third-order valence-corrected chi connectivity index (χ3v) is 3.45. The molecule has 5 heteroatoms. The Labute approximate surface area is 148 Å². The third-order valence-electron chi connectivity index (χ3n) is 3.45. The fourth-order valence-electron chi connectivity index (χ4n) is 2.47. The molecule has 0 saturated heterocycles. The molecule has 0 saturated carbocycles. The first kappa shape index (κ1) is 18.3. The van der Waals surface area contributed by atoms with Gasteiger partial charge in [-0.15, -0.1) is 0 Å². The molecule has 0 aliphatic rings. The maximum absolute atomic E-state index is 10.4. The van der Waals surface area contributed by atoms with Crippen LogP contribution in [0.1, 0.15) is 37.7 Å². The van der Waals surface area contributed by atoms with Crippen LogP contribution in [0.4, 0.5) is 5.82 Å². The minimum absolute atomic E-state index is 0.0738. The summed E-state index contributed by atoms with van der Waals surface area (Å²) in [7, 11) is 0. The molecule has 0 atom stereocenters. The monoisotopic (exact) mass is 334 g/mol. The van der Waals surface area contributed by atoms with Crippen LogP contribution in [0.15, 0.2) is 42.6 Å². The Bertz CT molecular complexity index is 783. The highest BCUT2D eigenvalue weighted by molar-refractivity contribution is 5.73. The number of hydrogen-bond donors (Lipinski definition) is 0. The first-order valence-electron chi connectivity index (χ1n) is 8.10. The van der Waals surface area contributed by atoms with Crippen molar-refractivity contribution in [2.45, 2.75) is 27.3 Å². The Hall–Kier alpha value is -3.00. The van der Waals surface area contributed by atoms with Crippen molar-refractivity contribution in [3.8, 4) is 6.07 Å².